The van der Waals surface area contributed by atoms with Crippen LogP contribution in [0, 0.1) is 0 Å². The zero-order valence-corrected chi connectivity index (χ0v) is 10.2. The van der Waals surface area contributed by atoms with Gasteiger partial charge in [0.2, 0.25) is 5.91 Å². The lowest BCUT2D eigenvalue weighted by molar-refractivity contribution is -0.119. The molecular formula is C9H10BrClN2O. The fourth-order valence-corrected chi connectivity index (χ4v) is 1.91. The first-order valence-corrected chi connectivity index (χ1v) is 5.26. The molecule has 1 aromatic heterocycles. The highest BCUT2D eigenvalue weighted by Crippen LogP contribution is 2.23. The summed E-state index contributed by atoms with van der Waals surface area (Å²) < 4.78 is 0.821. The van der Waals surface area contributed by atoms with Gasteiger partial charge in [0.15, 0.2) is 0 Å². The average Bonchev–Trinajstić information content (AvgIpc) is 2.01. The van der Waals surface area contributed by atoms with Crippen LogP contribution in [-0.4, -0.2) is 10.9 Å². The highest BCUT2D eigenvalue weighted by atomic mass is 79.9. The molecule has 14 heavy (non-hydrogen) atoms. The molecule has 0 bridgehead atoms. The van der Waals surface area contributed by atoms with Crippen LogP contribution < -0.4 is 5.32 Å². The fourth-order valence-electron chi connectivity index (χ4n) is 1.12. The Labute approximate surface area is 96.0 Å². The number of carbonyl (C=O) groups is 1. The number of amides is 1. The Morgan fingerprint density at radius 3 is 2.86 bits per heavy atom. The normalized spacial score (nSPS) is 12.3. The Bertz CT molecular complexity index is 357. The molecule has 1 atom stereocenters. The minimum absolute atomic E-state index is 0.0988. The predicted octanol–water partition coefficient (Wildman–Crippen LogP) is 2.69. The maximum absolute atomic E-state index is 10.8. The van der Waals surface area contributed by atoms with Crippen molar-refractivity contribution < 1.29 is 4.79 Å². The first-order valence-electron chi connectivity index (χ1n) is 4.08. The summed E-state index contributed by atoms with van der Waals surface area (Å²) in [7, 11) is 0. The second kappa shape index (κ2) is 4.75. The van der Waals surface area contributed by atoms with Crippen molar-refractivity contribution in [2.75, 3.05) is 0 Å². The smallest absolute Gasteiger partial charge is 0.217 e. The molecule has 0 aliphatic rings. The molecule has 0 unspecified atom stereocenters. The summed E-state index contributed by atoms with van der Waals surface area (Å²) in [5.41, 5.74) is 0.671. The molecule has 0 aliphatic heterocycles. The summed E-state index contributed by atoms with van der Waals surface area (Å²) in [5, 5.41) is 3.26. The van der Waals surface area contributed by atoms with Crippen LogP contribution in [0.2, 0.25) is 5.02 Å². The molecule has 1 aromatic rings. The van der Waals surface area contributed by atoms with Gasteiger partial charge in [-0.2, -0.15) is 0 Å². The summed E-state index contributed by atoms with van der Waals surface area (Å²) in [6.07, 6.45) is 1.65. The first kappa shape index (κ1) is 11.5. The van der Waals surface area contributed by atoms with Gasteiger partial charge in [0.25, 0.3) is 0 Å². The topological polar surface area (TPSA) is 42.0 Å². The van der Waals surface area contributed by atoms with E-state index in [0.29, 0.717) is 10.7 Å². The van der Waals surface area contributed by atoms with Crippen molar-refractivity contribution in [3.8, 4) is 0 Å². The highest BCUT2D eigenvalue weighted by Gasteiger charge is 2.11. The van der Waals surface area contributed by atoms with Crippen molar-refractivity contribution in [1.29, 1.82) is 0 Å². The number of hydrogen-bond donors (Lipinski definition) is 1. The van der Waals surface area contributed by atoms with Crippen LogP contribution in [0.5, 0.6) is 0 Å². The number of rotatable bonds is 2. The SMILES string of the molecule is CC(=O)N[C@H](C)c1ncc(Br)cc1Cl. The van der Waals surface area contributed by atoms with Gasteiger partial charge in [0.05, 0.1) is 16.8 Å². The van der Waals surface area contributed by atoms with E-state index in [4.69, 9.17) is 11.6 Å². The maximum Gasteiger partial charge on any atom is 0.217 e. The van der Waals surface area contributed by atoms with Crippen molar-refractivity contribution in [2.45, 2.75) is 19.9 Å². The van der Waals surface area contributed by atoms with E-state index in [2.05, 4.69) is 26.2 Å². The number of nitrogens with zero attached hydrogens (tertiary/aromatic N) is 1. The van der Waals surface area contributed by atoms with Gasteiger partial charge in [-0.05, 0) is 28.9 Å². The maximum atomic E-state index is 10.8. The lowest BCUT2D eigenvalue weighted by Crippen LogP contribution is -2.24. The molecule has 1 heterocycles. The number of aromatic nitrogens is 1. The van der Waals surface area contributed by atoms with Crippen LogP contribution in [-0.2, 0) is 4.79 Å². The zero-order chi connectivity index (χ0) is 10.7. The Morgan fingerprint density at radius 1 is 1.71 bits per heavy atom. The van der Waals surface area contributed by atoms with Crippen molar-refractivity contribution in [3.63, 3.8) is 0 Å². The summed E-state index contributed by atoms with van der Waals surface area (Å²) in [6, 6.07) is 1.58. The summed E-state index contributed by atoms with van der Waals surface area (Å²) >= 11 is 9.23. The Hall–Kier alpha value is -0.610. The van der Waals surface area contributed by atoms with E-state index in [9.17, 15) is 4.79 Å². The molecule has 0 saturated heterocycles. The average molecular weight is 278 g/mol. The number of halogens is 2. The van der Waals surface area contributed by atoms with Crippen LogP contribution in [0.15, 0.2) is 16.7 Å². The van der Waals surface area contributed by atoms with E-state index in [0.717, 1.165) is 4.47 Å². The molecule has 1 rings (SSSR count). The number of carbonyl (C=O) groups excluding carboxylic acids is 1. The molecule has 0 aliphatic carbocycles. The molecule has 1 N–H and O–H groups in total. The van der Waals surface area contributed by atoms with Gasteiger partial charge < -0.3 is 5.32 Å². The van der Waals surface area contributed by atoms with Gasteiger partial charge in [-0.3, -0.25) is 9.78 Å². The molecule has 0 fully saturated rings. The van der Waals surface area contributed by atoms with Crippen molar-refractivity contribution >= 4 is 33.4 Å². The Balaban J connectivity index is 2.90. The lowest BCUT2D eigenvalue weighted by atomic mass is 10.2. The predicted molar refractivity (Wildman–Crippen MR) is 59.2 cm³/mol. The van der Waals surface area contributed by atoms with Gasteiger partial charge in [0.1, 0.15) is 0 Å². The highest BCUT2D eigenvalue weighted by molar-refractivity contribution is 9.10. The molecule has 0 radical (unpaired) electrons. The van der Waals surface area contributed by atoms with Gasteiger partial charge >= 0.3 is 0 Å². The van der Waals surface area contributed by atoms with Gasteiger partial charge in [-0.25, -0.2) is 0 Å². The van der Waals surface area contributed by atoms with Gasteiger partial charge in [0, 0.05) is 17.6 Å². The monoisotopic (exact) mass is 276 g/mol. The molecule has 0 saturated carbocycles. The zero-order valence-electron chi connectivity index (χ0n) is 7.84. The molecule has 1 amide bonds. The summed E-state index contributed by atoms with van der Waals surface area (Å²) in [5.74, 6) is -0.0988. The molecule has 0 spiro atoms. The third-order valence-electron chi connectivity index (χ3n) is 1.67. The molecular weight excluding hydrogens is 267 g/mol. The molecule has 76 valence electrons. The third-order valence-corrected chi connectivity index (χ3v) is 2.40. The Kier molecular flexibility index (Phi) is 3.89. The minimum Gasteiger partial charge on any atom is -0.348 e. The van der Waals surface area contributed by atoms with E-state index in [1.807, 2.05) is 6.92 Å². The summed E-state index contributed by atoms with van der Waals surface area (Å²) in [6.45, 7) is 3.30. The molecule has 5 heteroatoms. The van der Waals surface area contributed by atoms with Gasteiger partial charge in [-0.1, -0.05) is 11.6 Å². The quantitative estimate of drug-likeness (QED) is 0.903. The van der Waals surface area contributed by atoms with E-state index in [-0.39, 0.29) is 11.9 Å². The minimum atomic E-state index is -0.173. The number of hydrogen-bond acceptors (Lipinski definition) is 2. The van der Waals surface area contributed by atoms with Crippen LogP contribution in [0.4, 0.5) is 0 Å². The van der Waals surface area contributed by atoms with Crippen LogP contribution in [0.1, 0.15) is 25.6 Å². The molecule has 3 nitrogen and oxygen atoms in total. The lowest BCUT2D eigenvalue weighted by Gasteiger charge is -2.13. The standard InChI is InChI=1S/C9H10BrClN2O/c1-5(13-6(2)14)9-8(11)3-7(10)4-12-9/h3-5H,1-2H3,(H,13,14)/t5-/m1/s1. The first-order chi connectivity index (χ1) is 6.50. The van der Waals surface area contributed by atoms with Crippen molar-refractivity contribution in [1.82, 2.24) is 10.3 Å². The van der Waals surface area contributed by atoms with Crippen LogP contribution in [0.3, 0.4) is 0 Å². The van der Waals surface area contributed by atoms with Crippen molar-refractivity contribution in [3.05, 3.63) is 27.5 Å². The van der Waals surface area contributed by atoms with Crippen molar-refractivity contribution in [2.24, 2.45) is 0 Å². The van der Waals surface area contributed by atoms with Gasteiger partial charge in [-0.15, -0.1) is 0 Å². The third kappa shape index (κ3) is 2.96. The fraction of sp³-hybridized carbons (Fsp3) is 0.333. The molecule has 0 aromatic carbocycles. The van der Waals surface area contributed by atoms with E-state index >= 15 is 0 Å². The van der Waals surface area contributed by atoms with E-state index in [1.54, 1.807) is 12.3 Å². The number of nitrogens with one attached hydrogen (secondary N) is 1. The van der Waals surface area contributed by atoms with Crippen LogP contribution in [0.25, 0.3) is 0 Å². The second-order valence-corrected chi connectivity index (χ2v) is 4.27. The van der Waals surface area contributed by atoms with Crippen LogP contribution >= 0.6 is 27.5 Å². The van der Waals surface area contributed by atoms with E-state index in [1.165, 1.54) is 6.92 Å². The summed E-state index contributed by atoms with van der Waals surface area (Å²) in [4.78, 5) is 15.0. The van der Waals surface area contributed by atoms with E-state index < -0.39 is 0 Å². The largest absolute Gasteiger partial charge is 0.348 e. The number of pyridine rings is 1. The second-order valence-electron chi connectivity index (χ2n) is 2.94. The Morgan fingerprint density at radius 2 is 2.36 bits per heavy atom.